The normalized spacial score (nSPS) is 14.2. The molecule has 0 atom stereocenters. The van der Waals surface area contributed by atoms with Crippen LogP contribution in [0.4, 0.5) is 0 Å². The standard InChI is InChI=1S/C12H15N5OS/c1-17(12(18)9-6-13-16-15-9)7-11-14-8-4-2-3-5-10(8)19-11/h6H,2-5,7H2,1H3,(H,13,15,16). The summed E-state index contributed by atoms with van der Waals surface area (Å²) < 4.78 is 0. The van der Waals surface area contributed by atoms with Crippen molar-refractivity contribution in [2.24, 2.45) is 0 Å². The predicted octanol–water partition coefficient (Wildman–Crippen LogP) is 1.41. The lowest BCUT2D eigenvalue weighted by molar-refractivity contribution is 0.0779. The number of aromatic nitrogens is 4. The number of amides is 1. The van der Waals surface area contributed by atoms with Crippen LogP contribution in [0.15, 0.2) is 6.20 Å². The van der Waals surface area contributed by atoms with Crippen molar-refractivity contribution in [2.45, 2.75) is 32.2 Å². The molecule has 3 rings (SSSR count). The number of hydrogen-bond donors (Lipinski definition) is 1. The van der Waals surface area contributed by atoms with Crippen molar-refractivity contribution in [1.29, 1.82) is 0 Å². The Morgan fingerprint density at radius 2 is 2.32 bits per heavy atom. The van der Waals surface area contributed by atoms with Gasteiger partial charge in [-0.15, -0.1) is 11.3 Å². The number of aromatic amines is 1. The Kier molecular flexibility index (Phi) is 3.29. The molecule has 2 heterocycles. The zero-order valence-electron chi connectivity index (χ0n) is 10.7. The molecule has 0 aromatic carbocycles. The Morgan fingerprint density at radius 1 is 1.47 bits per heavy atom. The first-order chi connectivity index (χ1) is 9.24. The molecule has 0 spiro atoms. The molecule has 2 aromatic heterocycles. The minimum absolute atomic E-state index is 0.137. The van der Waals surface area contributed by atoms with Crippen LogP contribution in [0.5, 0.6) is 0 Å². The molecule has 7 heteroatoms. The summed E-state index contributed by atoms with van der Waals surface area (Å²) in [5.41, 5.74) is 1.57. The van der Waals surface area contributed by atoms with Gasteiger partial charge in [-0.25, -0.2) is 4.98 Å². The summed E-state index contributed by atoms with van der Waals surface area (Å²) >= 11 is 1.73. The van der Waals surface area contributed by atoms with Gasteiger partial charge in [0.05, 0.1) is 18.4 Å². The van der Waals surface area contributed by atoms with E-state index >= 15 is 0 Å². The van der Waals surface area contributed by atoms with Crippen LogP contribution in [-0.2, 0) is 19.4 Å². The summed E-state index contributed by atoms with van der Waals surface area (Å²) in [5.74, 6) is -0.137. The van der Waals surface area contributed by atoms with Gasteiger partial charge < -0.3 is 4.90 Å². The summed E-state index contributed by atoms with van der Waals surface area (Å²) in [4.78, 5) is 19.7. The molecule has 0 fully saturated rings. The zero-order valence-corrected chi connectivity index (χ0v) is 11.5. The lowest BCUT2D eigenvalue weighted by Crippen LogP contribution is -2.26. The van der Waals surface area contributed by atoms with Gasteiger partial charge in [-0.05, 0) is 25.7 Å². The fourth-order valence-corrected chi connectivity index (χ4v) is 3.46. The van der Waals surface area contributed by atoms with Gasteiger partial charge in [0.1, 0.15) is 5.01 Å². The number of thiazole rings is 1. The van der Waals surface area contributed by atoms with E-state index in [1.54, 1.807) is 23.3 Å². The Hall–Kier alpha value is -1.76. The minimum atomic E-state index is -0.137. The van der Waals surface area contributed by atoms with Crippen LogP contribution >= 0.6 is 11.3 Å². The number of fused-ring (bicyclic) bond motifs is 1. The number of aryl methyl sites for hydroxylation is 2. The Labute approximate surface area is 114 Å². The topological polar surface area (TPSA) is 74.8 Å². The summed E-state index contributed by atoms with van der Waals surface area (Å²) in [7, 11) is 1.76. The number of carbonyl (C=O) groups excluding carboxylic acids is 1. The molecule has 1 amide bonds. The second-order valence-corrected chi connectivity index (χ2v) is 5.87. The summed E-state index contributed by atoms with van der Waals surface area (Å²) in [5, 5.41) is 10.9. The van der Waals surface area contributed by atoms with E-state index in [0.717, 1.165) is 17.8 Å². The van der Waals surface area contributed by atoms with Crippen LogP contribution < -0.4 is 0 Å². The van der Waals surface area contributed by atoms with Crippen molar-refractivity contribution in [2.75, 3.05) is 7.05 Å². The van der Waals surface area contributed by atoms with Crippen molar-refractivity contribution in [3.8, 4) is 0 Å². The highest BCUT2D eigenvalue weighted by Gasteiger charge is 2.19. The predicted molar refractivity (Wildman–Crippen MR) is 70.9 cm³/mol. The molecular weight excluding hydrogens is 262 g/mol. The molecule has 0 saturated carbocycles. The summed E-state index contributed by atoms with van der Waals surface area (Å²) in [6, 6.07) is 0. The third kappa shape index (κ3) is 2.51. The van der Waals surface area contributed by atoms with E-state index in [2.05, 4.69) is 20.4 Å². The number of nitrogens with one attached hydrogen (secondary N) is 1. The largest absolute Gasteiger partial charge is 0.333 e. The molecule has 19 heavy (non-hydrogen) atoms. The zero-order chi connectivity index (χ0) is 13.2. The molecule has 100 valence electrons. The van der Waals surface area contributed by atoms with E-state index in [-0.39, 0.29) is 5.91 Å². The molecule has 1 aliphatic rings. The highest BCUT2D eigenvalue weighted by atomic mass is 32.1. The number of hydrogen-bond acceptors (Lipinski definition) is 5. The van der Waals surface area contributed by atoms with Crippen LogP contribution in [0.3, 0.4) is 0 Å². The average molecular weight is 277 g/mol. The molecule has 1 N–H and O–H groups in total. The molecule has 0 saturated heterocycles. The van der Waals surface area contributed by atoms with Crippen molar-refractivity contribution in [1.82, 2.24) is 25.3 Å². The molecule has 2 aromatic rings. The Bertz CT molecular complexity index is 553. The van der Waals surface area contributed by atoms with Crippen LogP contribution in [0.2, 0.25) is 0 Å². The van der Waals surface area contributed by atoms with Crippen LogP contribution in [-0.4, -0.2) is 38.2 Å². The average Bonchev–Trinajstić information content (AvgIpc) is 3.06. The highest BCUT2D eigenvalue weighted by molar-refractivity contribution is 7.11. The van der Waals surface area contributed by atoms with E-state index in [1.807, 2.05) is 0 Å². The Balaban J connectivity index is 1.71. The molecule has 0 bridgehead atoms. The number of rotatable bonds is 3. The van der Waals surface area contributed by atoms with E-state index < -0.39 is 0 Å². The van der Waals surface area contributed by atoms with E-state index in [1.165, 1.54) is 29.6 Å². The minimum Gasteiger partial charge on any atom is -0.333 e. The van der Waals surface area contributed by atoms with Gasteiger partial charge in [-0.3, -0.25) is 4.79 Å². The maximum absolute atomic E-state index is 12.0. The molecule has 0 aliphatic heterocycles. The van der Waals surface area contributed by atoms with E-state index in [4.69, 9.17) is 0 Å². The van der Waals surface area contributed by atoms with Crippen molar-refractivity contribution >= 4 is 17.2 Å². The van der Waals surface area contributed by atoms with Gasteiger partial charge in [-0.2, -0.15) is 15.4 Å². The lowest BCUT2D eigenvalue weighted by atomic mass is 10.0. The maximum Gasteiger partial charge on any atom is 0.276 e. The van der Waals surface area contributed by atoms with Crippen molar-refractivity contribution in [3.63, 3.8) is 0 Å². The fraction of sp³-hybridized carbons (Fsp3) is 0.500. The van der Waals surface area contributed by atoms with Crippen LogP contribution in [0.1, 0.15) is 38.9 Å². The van der Waals surface area contributed by atoms with Gasteiger partial charge in [0, 0.05) is 11.9 Å². The highest BCUT2D eigenvalue weighted by Crippen LogP contribution is 2.27. The first kappa shape index (κ1) is 12.3. The number of H-pyrrole nitrogens is 1. The third-order valence-electron chi connectivity index (χ3n) is 3.24. The third-order valence-corrected chi connectivity index (χ3v) is 4.39. The molecule has 0 unspecified atom stereocenters. The molecule has 0 radical (unpaired) electrons. The van der Waals surface area contributed by atoms with Crippen LogP contribution in [0, 0.1) is 0 Å². The number of nitrogens with zero attached hydrogens (tertiary/aromatic N) is 4. The monoisotopic (exact) mass is 277 g/mol. The molecule has 6 nitrogen and oxygen atoms in total. The van der Waals surface area contributed by atoms with Crippen molar-refractivity contribution in [3.05, 3.63) is 27.5 Å². The van der Waals surface area contributed by atoms with Gasteiger partial charge in [0.2, 0.25) is 0 Å². The summed E-state index contributed by atoms with van der Waals surface area (Å²) in [6.45, 7) is 0.531. The second-order valence-electron chi connectivity index (χ2n) is 4.70. The van der Waals surface area contributed by atoms with Gasteiger partial charge in [0.25, 0.3) is 5.91 Å². The van der Waals surface area contributed by atoms with Gasteiger partial charge in [-0.1, -0.05) is 0 Å². The first-order valence-electron chi connectivity index (χ1n) is 6.32. The second kappa shape index (κ2) is 5.08. The van der Waals surface area contributed by atoms with Gasteiger partial charge >= 0.3 is 0 Å². The Morgan fingerprint density at radius 3 is 3.05 bits per heavy atom. The first-order valence-corrected chi connectivity index (χ1v) is 7.14. The quantitative estimate of drug-likeness (QED) is 0.920. The fourth-order valence-electron chi connectivity index (χ4n) is 2.25. The van der Waals surface area contributed by atoms with Gasteiger partial charge in [0.15, 0.2) is 5.69 Å². The van der Waals surface area contributed by atoms with Crippen LogP contribution in [0.25, 0.3) is 0 Å². The maximum atomic E-state index is 12.0. The smallest absolute Gasteiger partial charge is 0.276 e. The number of carbonyl (C=O) groups is 1. The molecule has 1 aliphatic carbocycles. The van der Waals surface area contributed by atoms with E-state index in [0.29, 0.717) is 12.2 Å². The SMILES string of the molecule is CN(Cc1nc2c(s1)CCCC2)C(=O)c1cn[nH]n1. The molecular formula is C12H15N5OS. The van der Waals surface area contributed by atoms with Crippen molar-refractivity contribution < 1.29 is 4.79 Å². The summed E-state index contributed by atoms with van der Waals surface area (Å²) in [6.07, 6.45) is 6.12. The van der Waals surface area contributed by atoms with E-state index in [9.17, 15) is 4.79 Å². The lowest BCUT2D eigenvalue weighted by Gasteiger charge is -2.13.